The first-order chi connectivity index (χ1) is 5.29. The standard InChI is InChI=1S/C10H17N/c1-3-9-4-5-10(6-7-11)8(9)2/h8-10H,3-6H2,1-2H3. The van der Waals surface area contributed by atoms with Crippen LogP contribution in [0.3, 0.4) is 0 Å². The third-order valence-corrected chi connectivity index (χ3v) is 3.27. The molecule has 0 amide bonds. The third-order valence-electron chi connectivity index (χ3n) is 3.27. The monoisotopic (exact) mass is 151 g/mol. The minimum Gasteiger partial charge on any atom is -0.198 e. The molecule has 0 aliphatic heterocycles. The summed E-state index contributed by atoms with van der Waals surface area (Å²) in [6.45, 7) is 4.57. The van der Waals surface area contributed by atoms with Gasteiger partial charge in [-0.3, -0.25) is 0 Å². The van der Waals surface area contributed by atoms with Crippen LogP contribution in [0.25, 0.3) is 0 Å². The molecule has 11 heavy (non-hydrogen) atoms. The quantitative estimate of drug-likeness (QED) is 0.595. The summed E-state index contributed by atoms with van der Waals surface area (Å²) in [6.07, 6.45) is 4.71. The van der Waals surface area contributed by atoms with Crippen LogP contribution in [0.15, 0.2) is 0 Å². The van der Waals surface area contributed by atoms with Gasteiger partial charge in [0.05, 0.1) is 6.07 Å². The highest BCUT2D eigenvalue weighted by Gasteiger charge is 2.30. The van der Waals surface area contributed by atoms with Crippen LogP contribution in [0, 0.1) is 29.1 Å². The van der Waals surface area contributed by atoms with Gasteiger partial charge in [-0.25, -0.2) is 0 Å². The van der Waals surface area contributed by atoms with E-state index in [4.69, 9.17) is 5.26 Å². The zero-order chi connectivity index (χ0) is 8.27. The second-order valence-corrected chi connectivity index (χ2v) is 3.73. The van der Waals surface area contributed by atoms with E-state index in [1.54, 1.807) is 0 Å². The van der Waals surface area contributed by atoms with Gasteiger partial charge in [-0.2, -0.15) is 5.26 Å². The fourth-order valence-electron chi connectivity index (χ4n) is 2.32. The van der Waals surface area contributed by atoms with Crippen LogP contribution in [0.2, 0.25) is 0 Å². The van der Waals surface area contributed by atoms with Crippen molar-refractivity contribution in [1.82, 2.24) is 0 Å². The Hall–Kier alpha value is -0.510. The van der Waals surface area contributed by atoms with Crippen molar-refractivity contribution < 1.29 is 0 Å². The highest BCUT2D eigenvalue weighted by molar-refractivity contribution is 4.87. The molecule has 1 rings (SSSR count). The molecule has 1 fully saturated rings. The maximum absolute atomic E-state index is 8.55. The molecule has 1 aliphatic carbocycles. The molecule has 0 bridgehead atoms. The summed E-state index contributed by atoms with van der Waals surface area (Å²) in [4.78, 5) is 0. The van der Waals surface area contributed by atoms with Crippen LogP contribution in [-0.2, 0) is 0 Å². The minimum absolute atomic E-state index is 0.699. The Morgan fingerprint density at radius 2 is 2.00 bits per heavy atom. The number of nitriles is 1. The third kappa shape index (κ3) is 1.74. The fraction of sp³-hybridized carbons (Fsp3) is 0.900. The van der Waals surface area contributed by atoms with Crippen LogP contribution in [-0.4, -0.2) is 0 Å². The largest absolute Gasteiger partial charge is 0.198 e. The highest BCUT2D eigenvalue weighted by atomic mass is 14.4. The Labute approximate surface area is 69.4 Å². The van der Waals surface area contributed by atoms with Gasteiger partial charge in [0.25, 0.3) is 0 Å². The molecule has 0 spiro atoms. The zero-order valence-electron chi connectivity index (χ0n) is 7.51. The van der Waals surface area contributed by atoms with Crippen LogP contribution in [0.1, 0.15) is 39.5 Å². The average molecular weight is 151 g/mol. The second kappa shape index (κ2) is 3.76. The van der Waals surface area contributed by atoms with Crippen molar-refractivity contribution in [3.8, 4) is 6.07 Å². The van der Waals surface area contributed by atoms with Gasteiger partial charge in [-0.05, 0) is 30.6 Å². The zero-order valence-corrected chi connectivity index (χ0v) is 7.51. The molecule has 0 radical (unpaired) electrons. The summed E-state index contributed by atoms with van der Waals surface area (Å²) in [5.41, 5.74) is 0. The number of nitrogens with zero attached hydrogens (tertiary/aromatic N) is 1. The topological polar surface area (TPSA) is 23.8 Å². The lowest BCUT2D eigenvalue weighted by atomic mass is 9.88. The van der Waals surface area contributed by atoms with E-state index in [0.717, 1.165) is 18.3 Å². The SMILES string of the molecule is CCC1CCC(CC#N)C1C. The summed E-state index contributed by atoms with van der Waals surface area (Å²) >= 11 is 0. The Morgan fingerprint density at radius 3 is 2.45 bits per heavy atom. The van der Waals surface area contributed by atoms with E-state index in [-0.39, 0.29) is 0 Å². The lowest BCUT2D eigenvalue weighted by Crippen LogP contribution is -2.09. The molecule has 0 aromatic carbocycles. The van der Waals surface area contributed by atoms with Crippen LogP contribution in [0.5, 0.6) is 0 Å². The normalized spacial score (nSPS) is 37.0. The van der Waals surface area contributed by atoms with E-state index in [1.807, 2.05) is 0 Å². The smallest absolute Gasteiger partial charge is 0.0624 e. The predicted molar refractivity (Wildman–Crippen MR) is 45.9 cm³/mol. The van der Waals surface area contributed by atoms with Gasteiger partial charge in [0.15, 0.2) is 0 Å². The molecule has 0 heterocycles. The first kappa shape index (κ1) is 8.59. The van der Waals surface area contributed by atoms with Crippen molar-refractivity contribution in [2.75, 3.05) is 0 Å². The second-order valence-electron chi connectivity index (χ2n) is 3.73. The van der Waals surface area contributed by atoms with E-state index in [1.165, 1.54) is 19.3 Å². The number of rotatable bonds is 2. The Morgan fingerprint density at radius 1 is 1.36 bits per heavy atom. The molecule has 1 aliphatic rings. The van der Waals surface area contributed by atoms with Gasteiger partial charge in [0.2, 0.25) is 0 Å². The summed E-state index contributed by atoms with van der Waals surface area (Å²) in [5.74, 6) is 2.39. The Bertz CT molecular complexity index is 157. The van der Waals surface area contributed by atoms with Crippen LogP contribution >= 0.6 is 0 Å². The molecule has 0 aromatic heterocycles. The van der Waals surface area contributed by atoms with E-state index < -0.39 is 0 Å². The predicted octanol–water partition coefficient (Wildman–Crippen LogP) is 2.97. The summed E-state index contributed by atoms with van der Waals surface area (Å²) in [5, 5.41) is 8.55. The van der Waals surface area contributed by atoms with E-state index in [2.05, 4.69) is 19.9 Å². The molecule has 1 nitrogen and oxygen atoms in total. The molecule has 0 saturated heterocycles. The highest BCUT2D eigenvalue weighted by Crippen LogP contribution is 2.39. The van der Waals surface area contributed by atoms with Gasteiger partial charge >= 0.3 is 0 Å². The molecular weight excluding hydrogens is 134 g/mol. The molecule has 0 aromatic rings. The van der Waals surface area contributed by atoms with E-state index in [0.29, 0.717) is 5.92 Å². The van der Waals surface area contributed by atoms with Crippen LogP contribution in [0.4, 0.5) is 0 Å². The summed E-state index contributed by atoms with van der Waals surface area (Å²) < 4.78 is 0. The fourth-order valence-corrected chi connectivity index (χ4v) is 2.32. The van der Waals surface area contributed by atoms with Crippen molar-refractivity contribution in [2.24, 2.45) is 17.8 Å². The van der Waals surface area contributed by atoms with Crippen molar-refractivity contribution in [3.05, 3.63) is 0 Å². The number of hydrogen-bond donors (Lipinski definition) is 0. The van der Waals surface area contributed by atoms with E-state index >= 15 is 0 Å². The number of hydrogen-bond acceptors (Lipinski definition) is 1. The molecule has 3 atom stereocenters. The van der Waals surface area contributed by atoms with Gasteiger partial charge in [-0.15, -0.1) is 0 Å². The molecule has 3 unspecified atom stereocenters. The summed E-state index contributed by atoms with van der Waals surface area (Å²) in [6, 6.07) is 2.28. The van der Waals surface area contributed by atoms with Gasteiger partial charge in [0.1, 0.15) is 0 Å². The Kier molecular flexibility index (Phi) is 2.93. The maximum atomic E-state index is 8.55. The van der Waals surface area contributed by atoms with Crippen LogP contribution < -0.4 is 0 Å². The van der Waals surface area contributed by atoms with Crippen molar-refractivity contribution in [2.45, 2.75) is 39.5 Å². The molecular formula is C10H17N. The first-order valence-electron chi connectivity index (χ1n) is 4.66. The van der Waals surface area contributed by atoms with E-state index in [9.17, 15) is 0 Å². The lowest BCUT2D eigenvalue weighted by molar-refractivity contribution is 0.336. The Balaban J connectivity index is 2.43. The minimum atomic E-state index is 0.699. The van der Waals surface area contributed by atoms with Gasteiger partial charge < -0.3 is 0 Å². The maximum Gasteiger partial charge on any atom is 0.0624 e. The van der Waals surface area contributed by atoms with Crippen molar-refractivity contribution in [3.63, 3.8) is 0 Å². The molecule has 1 heteroatoms. The summed E-state index contributed by atoms with van der Waals surface area (Å²) in [7, 11) is 0. The molecule has 62 valence electrons. The van der Waals surface area contributed by atoms with Gasteiger partial charge in [-0.1, -0.05) is 20.3 Å². The molecule has 0 N–H and O–H groups in total. The molecule has 1 saturated carbocycles. The van der Waals surface area contributed by atoms with Crippen molar-refractivity contribution in [1.29, 1.82) is 5.26 Å². The first-order valence-corrected chi connectivity index (χ1v) is 4.66. The van der Waals surface area contributed by atoms with Crippen molar-refractivity contribution >= 4 is 0 Å². The van der Waals surface area contributed by atoms with Gasteiger partial charge in [0, 0.05) is 6.42 Å². The lowest BCUT2D eigenvalue weighted by Gasteiger charge is -2.16. The average Bonchev–Trinajstić information content (AvgIpc) is 2.34.